The maximum Gasteiger partial charge on any atom is 0.232 e. The first-order valence-corrected chi connectivity index (χ1v) is 11.2. The molecule has 1 atom stereocenters. The van der Waals surface area contributed by atoms with Crippen LogP contribution in [0.25, 0.3) is 0 Å². The third-order valence-corrected chi connectivity index (χ3v) is 5.97. The van der Waals surface area contributed by atoms with Gasteiger partial charge in [-0.05, 0) is 37.2 Å². The van der Waals surface area contributed by atoms with Gasteiger partial charge in [0.1, 0.15) is 25.5 Å². The topological polar surface area (TPSA) is 70.1 Å². The van der Waals surface area contributed by atoms with Gasteiger partial charge in [-0.3, -0.25) is 14.7 Å². The molecule has 7 nitrogen and oxygen atoms in total. The number of rotatable bonds is 15. The second-order valence-corrected chi connectivity index (χ2v) is 8.42. The van der Waals surface area contributed by atoms with Crippen molar-refractivity contribution in [2.75, 3.05) is 34.4 Å². The smallest absolute Gasteiger partial charge is 0.232 e. The molecular formula is C23H36N2O5. The number of ether oxygens (including phenoxy) is 4. The van der Waals surface area contributed by atoms with Crippen molar-refractivity contribution < 1.29 is 23.7 Å². The Labute approximate surface area is 180 Å². The fourth-order valence-corrected chi connectivity index (χ4v) is 3.74. The van der Waals surface area contributed by atoms with Crippen LogP contribution < -0.4 is 4.74 Å². The normalized spacial score (nSPS) is 17.4. The van der Waals surface area contributed by atoms with E-state index in [9.17, 15) is 4.79 Å². The van der Waals surface area contributed by atoms with Crippen molar-refractivity contribution in [2.24, 2.45) is 11.8 Å². The first-order valence-electron chi connectivity index (χ1n) is 11.2. The highest BCUT2D eigenvalue weighted by molar-refractivity contribution is 5.78. The lowest BCUT2D eigenvalue weighted by atomic mass is 9.82. The monoisotopic (exact) mass is 420 g/mol. The summed E-state index contributed by atoms with van der Waals surface area (Å²) in [5.74, 6) is 2.27. The Bertz CT molecular complexity index is 648. The predicted octanol–water partition coefficient (Wildman–Crippen LogP) is 3.76. The van der Waals surface area contributed by atoms with E-state index in [1.807, 2.05) is 12.1 Å². The molecule has 1 heterocycles. The van der Waals surface area contributed by atoms with Crippen LogP contribution in [0.4, 0.5) is 0 Å². The summed E-state index contributed by atoms with van der Waals surface area (Å²) < 4.78 is 22.1. The number of pyridine rings is 1. The second kappa shape index (κ2) is 12.2. The van der Waals surface area contributed by atoms with Crippen molar-refractivity contribution in [2.45, 2.75) is 64.0 Å². The number of carbonyl (C=O) groups is 1. The van der Waals surface area contributed by atoms with E-state index >= 15 is 0 Å². The molecule has 1 aromatic rings. The minimum atomic E-state index is -0.365. The molecule has 0 unspecified atom stereocenters. The molecule has 0 saturated heterocycles. The molecule has 2 aliphatic carbocycles. The minimum Gasteiger partial charge on any atom is -0.493 e. The van der Waals surface area contributed by atoms with Crippen LogP contribution in [-0.2, 0) is 25.4 Å². The SMILES string of the molecule is COCO[C@H](CCC1CCC1)N(COC)C(=O)Cc1cc(OCCC2CC2)ccn1. The molecule has 0 aliphatic heterocycles. The van der Waals surface area contributed by atoms with E-state index in [1.165, 1.54) is 32.1 Å². The standard InChI is InChI=1S/C23H36N2O5/c1-27-16-25(23(30-17-28-2)9-8-18-4-3-5-18)22(26)15-20-14-21(10-12-24-20)29-13-11-19-6-7-19/h10,12,14,18-19,23H,3-9,11,13,15-17H2,1-2H3/t23-/m1/s1. The van der Waals surface area contributed by atoms with Gasteiger partial charge in [0, 0.05) is 26.5 Å². The second-order valence-electron chi connectivity index (χ2n) is 8.42. The third kappa shape index (κ3) is 7.52. The van der Waals surface area contributed by atoms with E-state index in [0.717, 1.165) is 36.8 Å². The summed E-state index contributed by atoms with van der Waals surface area (Å²) >= 11 is 0. The molecule has 0 aromatic carbocycles. The van der Waals surface area contributed by atoms with E-state index in [-0.39, 0.29) is 32.1 Å². The fraction of sp³-hybridized carbons (Fsp3) is 0.739. The van der Waals surface area contributed by atoms with Crippen LogP contribution in [0.3, 0.4) is 0 Å². The summed E-state index contributed by atoms with van der Waals surface area (Å²) in [5, 5.41) is 0. The van der Waals surface area contributed by atoms with Crippen LogP contribution in [0.2, 0.25) is 0 Å². The van der Waals surface area contributed by atoms with Crippen molar-refractivity contribution in [1.82, 2.24) is 9.88 Å². The van der Waals surface area contributed by atoms with Crippen molar-refractivity contribution >= 4 is 5.91 Å². The van der Waals surface area contributed by atoms with Gasteiger partial charge in [0.2, 0.25) is 5.91 Å². The van der Waals surface area contributed by atoms with E-state index in [2.05, 4.69) is 4.98 Å². The molecule has 2 aliphatic rings. The van der Waals surface area contributed by atoms with Gasteiger partial charge in [0.15, 0.2) is 0 Å². The summed E-state index contributed by atoms with van der Waals surface area (Å²) in [6.45, 7) is 1.03. The van der Waals surface area contributed by atoms with Gasteiger partial charge in [0.05, 0.1) is 18.7 Å². The molecule has 2 saturated carbocycles. The van der Waals surface area contributed by atoms with Crippen LogP contribution in [0.1, 0.15) is 57.1 Å². The first-order chi connectivity index (χ1) is 14.7. The summed E-state index contributed by atoms with van der Waals surface area (Å²) in [5.41, 5.74) is 0.689. The first kappa shape index (κ1) is 23.0. The quantitative estimate of drug-likeness (QED) is 0.402. The fourth-order valence-electron chi connectivity index (χ4n) is 3.74. The molecule has 30 heavy (non-hydrogen) atoms. The number of aromatic nitrogens is 1. The molecule has 2 fully saturated rings. The summed E-state index contributed by atoms with van der Waals surface area (Å²) in [4.78, 5) is 19.1. The highest BCUT2D eigenvalue weighted by Gasteiger charge is 2.27. The molecule has 0 spiro atoms. The maximum atomic E-state index is 13.1. The number of carbonyl (C=O) groups excluding carboxylic acids is 1. The minimum absolute atomic E-state index is 0.0748. The van der Waals surface area contributed by atoms with Crippen molar-refractivity contribution in [3.05, 3.63) is 24.0 Å². The Kier molecular flexibility index (Phi) is 9.36. The largest absolute Gasteiger partial charge is 0.493 e. The lowest BCUT2D eigenvalue weighted by molar-refractivity contribution is -0.174. The van der Waals surface area contributed by atoms with Gasteiger partial charge in [-0.2, -0.15) is 0 Å². The van der Waals surface area contributed by atoms with Crippen LogP contribution in [0.5, 0.6) is 5.75 Å². The molecule has 168 valence electrons. The predicted molar refractivity (Wildman–Crippen MR) is 113 cm³/mol. The number of hydrogen-bond acceptors (Lipinski definition) is 6. The van der Waals surface area contributed by atoms with Gasteiger partial charge >= 0.3 is 0 Å². The Balaban J connectivity index is 1.57. The number of methoxy groups -OCH3 is 2. The Hall–Kier alpha value is -1.70. The van der Waals surface area contributed by atoms with Crippen molar-refractivity contribution in [3.8, 4) is 5.75 Å². The molecule has 1 aromatic heterocycles. The molecule has 7 heteroatoms. The Morgan fingerprint density at radius 3 is 2.63 bits per heavy atom. The zero-order valence-corrected chi connectivity index (χ0v) is 18.4. The van der Waals surface area contributed by atoms with Crippen LogP contribution in [-0.4, -0.2) is 56.4 Å². The molecule has 3 rings (SSSR count). The van der Waals surface area contributed by atoms with Gasteiger partial charge in [-0.15, -0.1) is 0 Å². The Morgan fingerprint density at radius 2 is 1.97 bits per heavy atom. The van der Waals surface area contributed by atoms with Gasteiger partial charge < -0.3 is 18.9 Å². The lowest BCUT2D eigenvalue weighted by Crippen LogP contribution is -2.44. The highest BCUT2D eigenvalue weighted by atomic mass is 16.7. The molecule has 1 amide bonds. The zero-order valence-electron chi connectivity index (χ0n) is 18.4. The average Bonchev–Trinajstić information content (AvgIpc) is 3.52. The van der Waals surface area contributed by atoms with E-state index in [4.69, 9.17) is 18.9 Å². The van der Waals surface area contributed by atoms with Gasteiger partial charge in [-0.25, -0.2) is 0 Å². The number of hydrogen-bond donors (Lipinski definition) is 0. The molecule has 0 N–H and O–H groups in total. The number of nitrogens with zero attached hydrogens (tertiary/aromatic N) is 2. The molecule has 0 bridgehead atoms. The highest BCUT2D eigenvalue weighted by Crippen LogP contribution is 2.32. The maximum absolute atomic E-state index is 13.1. The third-order valence-electron chi connectivity index (χ3n) is 5.97. The van der Waals surface area contributed by atoms with Crippen LogP contribution in [0.15, 0.2) is 18.3 Å². The molecular weight excluding hydrogens is 384 g/mol. The Morgan fingerprint density at radius 1 is 1.17 bits per heavy atom. The average molecular weight is 421 g/mol. The van der Waals surface area contributed by atoms with Crippen LogP contribution >= 0.6 is 0 Å². The van der Waals surface area contributed by atoms with Gasteiger partial charge in [-0.1, -0.05) is 32.1 Å². The van der Waals surface area contributed by atoms with Crippen molar-refractivity contribution in [3.63, 3.8) is 0 Å². The summed E-state index contributed by atoms with van der Waals surface area (Å²) in [6.07, 6.45) is 10.9. The van der Waals surface area contributed by atoms with E-state index < -0.39 is 0 Å². The number of amides is 1. The molecule has 0 radical (unpaired) electrons. The lowest BCUT2D eigenvalue weighted by Gasteiger charge is -2.33. The summed E-state index contributed by atoms with van der Waals surface area (Å²) in [6, 6.07) is 3.70. The van der Waals surface area contributed by atoms with Gasteiger partial charge in [0.25, 0.3) is 0 Å². The summed E-state index contributed by atoms with van der Waals surface area (Å²) in [7, 11) is 3.18. The van der Waals surface area contributed by atoms with Crippen molar-refractivity contribution in [1.29, 1.82) is 0 Å². The van der Waals surface area contributed by atoms with E-state index in [0.29, 0.717) is 12.3 Å². The van der Waals surface area contributed by atoms with Crippen LogP contribution in [0, 0.1) is 11.8 Å². The van der Waals surface area contributed by atoms with E-state index in [1.54, 1.807) is 25.3 Å². The zero-order chi connectivity index (χ0) is 21.2.